The highest BCUT2D eigenvalue weighted by molar-refractivity contribution is 6.11. The number of carbonyl (C=O) groups is 1. The molecule has 3 rings (SSSR count). The van der Waals surface area contributed by atoms with Crippen molar-refractivity contribution in [2.75, 3.05) is 10.6 Å². The summed E-state index contributed by atoms with van der Waals surface area (Å²) in [5.41, 5.74) is -0.147. The molecule has 23 heavy (non-hydrogen) atoms. The molecule has 0 saturated heterocycles. The van der Waals surface area contributed by atoms with Gasteiger partial charge in [0.05, 0.1) is 28.3 Å². The number of hydrogen-bond acceptors (Lipinski definition) is 7. The zero-order valence-corrected chi connectivity index (χ0v) is 11.5. The van der Waals surface area contributed by atoms with E-state index in [-0.39, 0.29) is 17.1 Å². The van der Waals surface area contributed by atoms with Crippen LogP contribution in [0.4, 0.5) is 17.1 Å². The summed E-state index contributed by atoms with van der Waals surface area (Å²) in [6.45, 7) is 0. The number of aliphatic hydroxyl groups excluding tert-OH is 1. The molecule has 1 aliphatic heterocycles. The fourth-order valence-electron chi connectivity index (χ4n) is 2.12. The molecule has 3 N–H and O–H groups in total. The van der Waals surface area contributed by atoms with Crippen molar-refractivity contribution in [3.8, 4) is 0 Å². The Morgan fingerprint density at radius 3 is 2.70 bits per heavy atom. The maximum atomic E-state index is 12.2. The van der Waals surface area contributed by atoms with E-state index in [1.165, 1.54) is 36.6 Å². The number of rotatable bonds is 3. The van der Waals surface area contributed by atoms with Gasteiger partial charge in [-0.3, -0.25) is 14.9 Å². The molecule has 1 unspecified atom stereocenters. The largest absolute Gasteiger partial charge is 0.872 e. The normalized spacial score (nSPS) is 16.8. The molecule has 1 aliphatic rings. The Labute approximate surface area is 129 Å². The van der Waals surface area contributed by atoms with Crippen molar-refractivity contribution in [1.29, 1.82) is 0 Å². The summed E-state index contributed by atoms with van der Waals surface area (Å²) in [5, 5.41) is 37.9. The van der Waals surface area contributed by atoms with Crippen LogP contribution in [0.15, 0.2) is 52.5 Å². The molecule has 1 amide bonds. The first kappa shape index (κ1) is 14.6. The fraction of sp³-hybridized carbons (Fsp3) is 0.0714. The van der Waals surface area contributed by atoms with Crippen LogP contribution in [-0.2, 0) is 4.79 Å². The average molecular weight is 316 g/mol. The first-order valence-electron chi connectivity index (χ1n) is 6.47. The zero-order chi connectivity index (χ0) is 16.6. The van der Waals surface area contributed by atoms with Gasteiger partial charge in [0.25, 0.3) is 11.6 Å². The first-order valence-corrected chi connectivity index (χ1v) is 6.47. The number of anilines is 2. The van der Waals surface area contributed by atoms with Crippen LogP contribution in [-0.4, -0.2) is 15.9 Å². The second-order valence-electron chi connectivity index (χ2n) is 4.72. The van der Waals surface area contributed by atoms with Gasteiger partial charge in [-0.1, -0.05) is 5.76 Å². The Hall–Kier alpha value is -3.33. The number of fused-ring (bicyclic) bond motifs is 1. The van der Waals surface area contributed by atoms with Crippen molar-refractivity contribution in [2.24, 2.45) is 0 Å². The highest BCUT2D eigenvalue weighted by Crippen LogP contribution is 2.33. The predicted octanol–water partition coefficient (Wildman–Crippen LogP) is 0.857. The summed E-state index contributed by atoms with van der Waals surface area (Å²) in [6.07, 6.45) is -0.373. The van der Waals surface area contributed by atoms with Crippen LogP contribution in [0.25, 0.3) is 0 Å². The van der Waals surface area contributed by atoms with Crippen molar-refractivity contribution in [2.45, 2.75) is 6.10 Å². The molecule has 1 aromatic heterocycles. The Kier molecular flexibility index (Phi) is 3.47. The highest BCUT2D eigenvalue weighted by atomic mass is 16.6. The Bertz CT molecular complexity index is 812. The van der Waals surface area contributed by atoms with Gasteiger partial charge in [0.15, 0.2) is 0 Å². The minimum absolute atomic E-state index is 0.0121. The van der Waals surface area contributed by atoms with Gasteiger partial charge in [0.2, 0.25) is 0 Å². The van der Waals surface area contributed by atoms with Crippen molar-refractivity contribution in [3.05, 3.63) is 63.9 Å². The van der Waals surface area contributed by atoms with Crippen LogP contribution < -0.4 is 15.7 Å². The van der Waals surface area contributed by atoms with Crippen molar-refractivity contribution in [3.63, 3.8) is 0 Å². The van der Waals surface area contributed by atoms with Crippen molar-refractivity contribution in [1.82, 2.24) is 0 Å². The standard InChI is InChI=1S/C14H11N3O6/c18-12(10-2-1-5-23-10)13(19)11-14(20)16-8-4-3-7(17(21)22)6-9(8)15-11/h1-6,12,15,18-19H,(H,16,20)/p-1. The van der Waals surface area contributed by atoms with Gasteiger partial charge in [0, 0.05) is 12.1 Å². The number of nitro benzene ring substituents is 1. The molecule has 2 heterocycles. The summed E-state index contributed by atoms with van der Waals surface area (Å²) in [7, 11) is 0. The summed E-state index contributed by atoms with van der Waals surface area (Å²) >= 11 is 0. The van der Waals surface area contributed by atoms with Gasteiger partial charge in [-0.15, -0.1) is 0 Å². The maximum Gasteiger partial charge on any atom is 0.271 e. The van der Waals surface area contributed by atoms with E-state index in [1.807, 2.05) is 0 Å². The number of furan rings is 1. The van der Waals surface area contributed by atoms with Crippen LogP contribution in [0, 0.1) is 10.1 Å². The maximum absolute atomic E-state index is 12.2. The van der Waals surface area contributed by atoms with Gasteiger partial charge in [-0.2, -0.15) is 0 Å². The Morgan fingerprint density at radius 1 is 1.26 bits per heavy atom. The quantitative estimate of drug-likeness (QED) is 0.330. The third-order valence-electron chi connectivity index (χ3n) is 3.26. The van der Waals surface area contributed by atoms with Crippen LogP contribution in [0.5, 0.6) is 0 Å². The second kappa shape index (κ2) is 5.46. The van der Waals surface area contributed by atoms with Gasteiger partial charge >= 0.3 is 0 Å². The molecular weight excluding hydrogens is 306 g/mol. The number of hydrogen-bond donors (Lipinski definition) is 3. The molecule has 0 radical (unpaired) electrons. The third kappa shape index (κ3) is 2.60. The number of nitro groups is 1. The van der Waals surface area contributed by atoms with E-state index in [0.717, 1.165) is 0 Å². The number of benzene rings is 1. The SMILES string of the molecule is O=C1Nc2ccc([N+](=O)[O-])cc2NC1=C([O-])C(O)c1ccco1. The highest BCUT2D eigenvalue weighted by Gasteiger charge is 2.25. The van der Waals surface area contributed by atoms with Crippen molar-refractivity contribution < 1.29 is 24.3 Å². The topological polar surface area (TPSA) is 141 Å². The second-order valence-corrected chi connectivity index (χ2v) is 4.72. The number of nitrogens with one attached hydrogen (secondary N) is 2. The molecule has 1 aromatic carbocycles. The smallest absolute Gasteiger partial charge is 0.271 e. The molecule has 9 heteroatoms. The van der Waals surface area contributed by atoms with Gasteiger partial charge in [-0.25, -0.2) is 0 Å². The number of aliphatic hydroxyl groups is 1. The molecule has 0 bridgehead atoms. The summed E-state index contributed by atoms with van der Waals surface area (Å²) in [4.78, 5) is 22.2. The van der Waals surface area contributed by atoms with Crippen LogP contribution in [0.3, 0.4) is 0 Å². The fourth-order valence-corrected chi connectivity index (χ4v) is 2.12. The van der Waals surface area contributed by atoms with E-state index in [4.69, 9.17) is 4.42 Å². The summed E-state index contributed by atoms with van der Waals surface area (Å²) in [5.74, 6) is -1.67. The first-order chi connectivity index (χ1) is 11.0. The van der Waals surface area contributed by atoms with E-state index in [1.54, 1.807) is 0 Å². The van der Waals surface area contributed by atoms with Crippen LogP contribution in [0.2, 0.25) is 0 Å². The molecule has 0 spiro atoms. The van der Waals surface area contributed by atoms with Crippen molar-refractivity contribution >= 4 is 23.0 Å². The van der Waals surface area contributed by atoms with E-state index < -0.39 is 28.4 Å². The summed E-state index contributed by atoms with van der Waals surface area (Å²) < 4.78 is 4.93. The molecule has 0 saturated carbocycles. The van der Waals surface area contributed by atoms with Crippen LogP contribution in [0.1, 0.15) is 11.9 Å². The van der Waals surface area contributed by atoms with Gasteiger partial charge in [-0.05, 0) is 18.2 Å². The molecule has 9 nitrogen and oxygen atoms in total. The van der Waals surface area contributed by atoms with Gasteiger partial charge in [0.1, 0.15) is 11.9 Å². The number of non-ortho nitro benzene ring substituents is 1. The number of nitrogens with zero attached hydrogens (tertiary/aromatic N) is 1. The lowest BCUT2D eigenvalue weighted by atomic mass is 10.1. The average Bonchev–Trinajstić information content (AvgIpc) is 3.06. The number of carbonyl (C=O) groups excluding carboxylic acids is 1. The van der Waals surface area contributed by atoms with E-state index in [0.29, 0.717) is 5.69 Å². The Balaban J connectivity index is 1.99. The Morgan fingerprint density at radius 2 is 2.04 bits per heavy atom. The minimum Gasteiger partial charge on any atom is -0.872 e. The molecule has 0 aliphatic carbocycles. The van der Waals surface area contributed by atoms with Gasteiger partial charge < -0.3 is 25.3 Å². The number of amides is 1. The molecule has 2 aromatic rings. The van der Waals surface area contributed by atoms with Crippen LogP contribution >= 0.6 is 0 Å². The lowest BCUT2D eigenvalue weighted by Crippen LogP contribution is -2.31. The van der Waals surface area contributed by atoms with E-state index in [9.17, 15) is 25.1 Å². The molecular formula is C14H10N3O6-. The summed E-state index contributed by atoms with van der Waals surface area (Å²) in [6, 6.07) is 6.64. The van der Waals surface area contributed by atoms with E-state index in [2.05, 4.69) is 10.6 Å². The molecule has 118 valence electrons. The lowest BCUT2D eigenvalue weighted by Gasteiger charge is -2.27. The predicted molar refractivity (Wildman–Crippen MR) is 76.0 cm³/mol. The third-order valence-corrected chi connectivity index (χ3v) is 3.26. The molecule has 1 atom stereocenters. The lowest BCUT2D eigenvalue weighted by molar-refractivity contribution is -0.384. The minimum atomic E-state index is -1.65. The molecule has 0 fully saturated rings. The monoisotopic (exact) mass is 316 g/mol. The van der Waals surface area contributed by atoms with E-state index >= 15 is 0 Å². The zero-order valence-electron chi connectivity index (χ0n) is 11.5.